The first-order chi connectivity index (χ1) is 37.0. The minimum atomic E-state index is -0.855. The highest BCUT2D eigenvalue weighted by molar-refractivity contribution is 5.71. The Kier molecular flexibility index (Phi) is 56.1. The summed E-state index contributed by atoms with van der Waals surface area (Å²) in [5.41, 5.74) is 0. The Morgan fingerprint density at radius 1 is 0.267 bits per heavy atom. The fraction of sp³-hybridized carbons (Fsp3) is 0.493. The van der Waals surface area contributed by atoms with Gasteiger partial charge in [0.2, 0.25) is 0 Å². The van der Waals surface area contributed by atoms with Crippen molar-refractivity contribution < 1.29 is 28.6 Å². The van der Waals surface area contributed by atoms with Gasteiger partial charge in [-0.15, -0.1) is 0 Å². The molecular weight excluding hydrogens is 925 g/mol. The first kappa shape index (κ1) is 69.2. The highest BCUT2D eigenvalue weighted by atomic mass is 16.6. The Bertz CT molecular complexity index is 1850. The van der Waals surface area contributed by atoms with Crippen LogP contribution in [0.15, 0.2) is 194 Å². The molecule has 0 heterocycles. The fourth-order valence-corrected chi connectivity index (χ4v) is 6.87. The molecular formula is C69H102O6. The van der Waals surface area contributed by atoms with Gasteiger partial charge in [0.25, 0.3) is 0 Å². The maximum absolute atomic E-state index is 12.8. The SMILES string of the molecule is CC/C=C\C/C=C\C/C=C\C/C=C\C/C=C\C/C=C\CCCCCCC(=O)OCC(COC(=O)CCC/C=C\C/C=C\C/C=C\C/C=C\C/C=C\CC)OC(=O)CCC/C=C\C/C=C\C/C=C\C/C=C\C/C=C\CC. The molecule has 1 unspecified atom stereocenters. The molecule has 0 amide bonds. The molecule has 0 N–H and O–H groups in total. The van der Waals surface area contributed by atoms with Crippen LogP contribution in [0.1, 0.15) is 201 Å². The molecule has 0 saturated carbocycles. The number of allylic oxidation sites excluding steroid dienone is 32. The lowest BCUT2D eigenvalue weighted by molar-refractivity contribution is -0.167. The van der Waals surface area contributed by atoms with Gasteiger partial charge in [0.05, 0.1) is 0 Å². The number of rotatable bonds is 49. The average molecular weight is 1030 g/mol. The molecule has 6 nitrogen and oxygen atoms in total. The van der Waals surface area contributed by atoms with Crippen LogP contribution in [0, 0.1) is 0 Å². The summed E-state index contributed by atoms with van der Waals surface area (Å²) in [6, 6.07) is 0. The Hall–Kier alpha value is -5.75. The van der Waals surface area contributed by atoms with Gasteiger partial charge >= 0.3 is 17.9 Å². The topological polar surface area (TPSA) is 78.9 Å². The van der Waals surface area contributed by atoms with Crippen molar-refractivity contribution in [2.75, 3.05) is 13.2 Å². The minimum absolute atomic E-state index is 0.144. The number of esters is 3. The molecule has 0 bridgehead atoms. The van der Waals surface area contributed by atoms with Crippen LogP contribution in [0.4, 0.5) is 0 Å². The smallest absolute Gasteiger partial charge is 0.306 e. The first-order valence-corrected chi connectivity index (χ1v) is 28.9. The molecule has 6 heteroatoms. The van der Waals surface area contributed by atoms with Crippen LogP contribution < -0.4 is 0 Å². The van der Waals surface area contributed by atoms with E-state index in [1.165, 1.54) is 0 Å². The minimum Gasteiger partial charge on any atom is -0.462 e. The lowest BCUT2D eigenvalue weighted by Gasteiger charge is -2.18. The summed E-state index contributed by atoms with van der Waals surface area (Å²) in [4.78, 5) is 38.2. The van der Waals surface area contributed by atoms with Crippen molar-refractivity contribution in [3.8, 4) is 0 Å². The van der Waals surface area contributed by atoms with Crippen LogP contribution in [0.5, 0.6) is 0 Å². The number of carbonyl (C=O) groups is 3. The van der Waals surface area contributed by atoms with Crippen molar-refractivity contribution >= 4 is 17.9 Å². The number of carbonyl (C=O) groups excluding carboxylic acids is 3. The average Bonchev–Trinajstić information content (AvgIpc) is 3.41. The molecule has 75 heavy (non-hydrogen) atoms. The largest absolute Gasteiger partial charge is 0.462 e. The zero-order valence-electron chi connectivity index (χ0n) is 47.2. The Labute approximate surface area is 458 Å². The van der Waals surface area contributed by atoms with Crippen molar-refractivity contribution in [2.24, 2.45) is 0 Å². The second-order valence-electron chi connectivity index (χ2n) is 18.0. The molecule has 0 aliphatic heterocycles. The second-order valence-corrected chi connectivity index (χ2v) is 18.0. The summed E-state index contributed by atoms with van der Waals surface area (Å²) in [6.07, 6.45) is 92.9. The third-order valence-electron chi connectivity index (χ3n) is 11.1. The van der Waals surface area contributed by atoms with E-state index >= 15 is 0 Å². The van der Waals surface area contributed by atoms with Crippen LogP contribution >= 0.6 is 0 Å². The molecule has 0 aromatic carbocycles. The predicted molar refractivity (Wildman–Crippen MR) is 324 cm³/mol. The van der Waals surface area contributed by atoms with E-state index in [-0.39, 0.29) is 38.0 Å². The molecule has 0 aliphatic rings. The van der Waals surface area contributed by atoms with E-state index in [2.05, 4.69) is 215 Å². The Balaban J connectivity index is 4.64. The molecule has 0 fully saturated rings. The van der Waals surface area contributed by atoms with Crippen LogP contribution in [0.3, 0.4) is 0 Å². The standard InChI is InChI=1S/C69H102O6/c1-4-7-10-13-16-19-22-25-28-31-32-33-34-35-36-39-41-44-47-50-53-56-59-62-68(71)74-65-66(75-69(72)63-60-57-54-51-48-45-42-38-30-27-24-21-18-15-12-9-6-3)64-73-67(70)61-58-55-52-49-46-43-40-37-29-26-23-20-17-14-11-8-5-2/h7-12,16-21,25-30,32-33,35-36,40-45,49,51-52,54,66H,4-6,13-15,22-24,31,34,37-39,46-48,50,53,55-65H2,1-3H3/b10-7-,11-8-,12-9-,19-16-,20-17-,21-18-,28-25-,29-26-,30-27-,33-32-,36-35-,43-40-,44-41-,45-42-,52-49-,54-51-. The van der Waals surface area contributed by atoms with Crippen LogP contribution in [0.25, 0.3) is 0 Å². The molecule has 0 radical (unpaired) electrons. The fourth-order valence-electron chi connectivity index (χ4n) is 6.87. The van der Waals surface area contributed by atoms with E-state index in [1.807, 2.05) is 0 Å². The normalized spacial score (nSPS) is 13.6. The van der Waals surface area contributed by atoms with E-state index in [1.54, 1.807) is 0 Å². The van der Waals surface area contributed by atoms with E-state index in [0.717, 1.165) is 148 Å². The van der Waals surface area contributed by atoms with Gasteiger partial charge in [-0.05, 0) is 148 Å². The van der Waals surface area contributed by atoms with E-state index < -0.39 is 12.1 Å². The van der Waals surface area contributed by atoms with Crippen LogP contribution in [-0.4, -0.2) is 37.2 Å². The van der Waals surface area contributed by atoms with Gasteiger partial charge in [-0.1, -0.05) is 228 Å². The summed E-state index contributed by atoms with van der Waals surface area (Å²) < 4.78 is 16.7. The van der Waals surface area contributed by atoms with Crippen molar-refractivity contribution in [1.82, 2.24) is 0 Å². The summed E-state index contributed by atoms with van der Waals surface area (Å²) in [5, 5.41) is 0. The molecule has 0 rings (SSSR count). The molecule has 0 aromatic heterocycles. The van der Waals surface area contributed by atoms with Crippen LogP contribution in [0.2, 0.25) is 0 Å². The lowest BCUT2D eigenvalue weighted by Crippen LogP contribution is -2.30. The lowest BCUT2D eigenvalue weighted by atomic mass is 10.1. The second kappa shape index (κ2) is 60.8. The summed E-state index contributed by atoms with van der Waals surface area (Å²) in [7, 11) is 0. The van der Waals surface area contributed by atoms with Gasteiger partial charge in [-0.2, -0.15) is 0 Å². The van der Waals surface area contributed by atoms with Crippen LogP contribution in [-0.2, 0) is 28.6 Å². The molecule has 0 aromatic rings. The molecule has 0 aliphatic carbocycles. The van der Waals surface area contributed by atoms with Gasteiger partial charge < -0.3 is 14.2 Å². The van der Waals surface area contributed by atoms with Crippen molar-refractivity contribution in [3.63, 3.8) is 0 Å². The zero-order chi connectivity index (χ0) is 54.3. The zero-order valence-corrected chi connectivity index (χ0v) is 47.2. The van der Waals surface area contributed by atoms with E-state index in [0.29, 0.717) is 19.3 Å². The van der Waals surface area contributed by atoms with Crippen molar-refractivity contribution in [1.29, 1.82) is 0 Å². The summed E-state index contributed by atoms with van der Waals surface area (Å²) in [5.74, 6) is -1.10. The molecule has 414 valence electrons. The van der Waals surface area contributed by atoms with Gasteiger partial charge in [-0.25, -0.2) is 0 Å². The third-order valence-corrected chi connectivity index (χ3v) is 11.1. The Morgan fingerprint density at radius 2 is 0.493 bits per heavy atom. The first-order valence-electron chi connectivity index (χ1n) is 28.9. The number of ether oxygens (including phenoxy) is 3. The third kappa shape index (κ3) is 59.0. The van der Waals surface area contributed by atoms with E-state index in [4.69, 9.17) is 14.2 Å². The molecule has 0 saturated heterocycles. The van der Waals surface area contributed by atoms with E-state index in [9.17, 15) is 14.4 Å². The number of hydrogen-bond donors (Lipinski definition) is 0. The monoisotopic (exact) mass is 1030 g/mol. The molecule has 0 spiro atoms. The highest BCUT2D eigenvalue weighted by Gasteiger charge is 2.19. The van der Waals surface area contributed by atoms with Crippen molar-refractivity contribution in [3.05, 3.63) is 194 Å². The van der Waals surface area contributed by atoms with Gasteiger partial charge in [0.1, 0.15) is 13.2 Å². The van der Waals surface area contributed by atoms with Gasteiger partial charge in [0.15, 0.2) is 6.10 Å². The van der Waals surface area contributed by atoms with Gasteiger partial charge in [-0.3, -0.25) is 14.4 Å². The van der Waals surface area contributed by atoms with Crippen molar-refractivity contribution in [2.45, 2.75) is 207 Å². The number of unbranched alkanes of at least 4 members (excludes halogenated alkanes) is 6. The number of hydrogen-bond acceptors (Lipinski definition) is 6. The summed E-state index contributed by atoms with van der Waals surface area (Å²) in [6.45, 7) is 6.15. The Morgan fingerprint density at radius 3 is 0.787 bits per heavy atom. The maximum atomic E-state index is 12.8. The summed E-state index contributed by atoms with van der Waals surface area (Å²) >= 11 is 0. The quantitative estimate of drug-likeness (QED) is 0.0261. The van der Waals surface area contributed by atoms with Gasteiger partial charge in [0, 0.05) is 19.3 Å². The molecule has 1 atom stereocenters. The predicted octanol–water partition coefficient (Wildman–Crippen LogP) is 19.9. The highest BCUT2D eigenvalue weighted by Crippen LogP contribution is 2.10. The maximum Gasteiger partial charge on any atom is 0.306 e.